The molecule has 0 atom stereocenters. The molecule has 0 unspecified atom stereocenters. The van der Waals surface area contributed by atoms with Crippen molar-refractivity contribution >= 4 is 35.2 Å². The normalized spacial score (nSPS) is 14.1. The fraction of sp³-hybridized carbons (Fsp3) is 0.0909. The van der Waals surface area contributed by atoms with Gasteiger partial charge in [-0.1, -0.05) is 23.7 Å². The summed E-state index contributed by atoms with van der Waals surface area (Å²) in [6, 6.07) is 15.6. The maximum atomic E-state index is 12.4. The molecule has 3 aromatic rings. The summed E-state index contributed by atoms with van der Waals surface area (Å²) in [5.41, 5.74) is 1.62. The zero-order valence-corrected chi connectivity index (χ0v) is 16.0. The van der Waals surface area contributed by atoms with Crippen molar-refractivity contribution in [3.05, 3.63) is 88.5 Å². The lowest BCUT2D eigenvalue weighted by Gasteiger charge is -2.20. The van der Waals surface area contributed by atoms with Crippen LogP contribution < -0.4 is 15.4 Å². The average molecular weight is 409 g/mol. The molecular weight excluding hydrogens is 392 g/mol. The smallest absolute Gasteiger partial charge is 0.291 e. The van der Waals surface area contributed by atoms with Crippen LogP contribution in [0.4, 0.5) is 5.69 Å². The van der Waals surface area contributed by atoms with Gasteiger partial charge in [0.15, 0.2) is 11.5 Å². The Kier molecular flexibility index (Phi) is 5.35. The Bertz CT molecular complexity index is 1090. The van der Waals surface area contributed by atoms with Gasteiger partial charge >= 0.3 is 0 Å². The summed E-state index contributed by atoms with van der Waals surface area (Å²) in [4.78, 5) is 24.7. The van der Waals surface area contributed by atoms with Gasteiger partial charge in [-0.15, -0.1) is 0 Å². The molecule has 6 nitrogen and oxygen atoms in total. The van der Waals surface area contributed by atoms with E-state index >= 15 is 0 Å². The lowest BCUT2D eigenvalue weighted by Crippen LogP contribution is -2.27. The third-order valence-corrected chi connectivity index (χ3v) is 4.55. The third kappa shape index (κ3) is 4.50. The van der Waals surface area contributed by atoms with E-state index < -0.39 is 5.91 Å². The molecule has 2 aromatic carbocycles. The van der Waals surface area contributed by atoms with E-state index in [1.807, 2.05) is 12.1 Å². The van der Waals surface area contributed by atoms with Crippen molar-refractivity contribution in [3.8, 4) is 5.75 Å². The van der Waals surface area contributed by atoms with Crippen LogP contribution in [-0.4, -0.2) is 18.4 Å². The standard InChI is InChI=1S/C22H17ClN2O4/c23-16-4-1-3-14(11-16)12-20-22(27)25-18-13-15(6-7-19(18)29-20)21(26)24-9-8-17-5-2-10-28-17/h1-7,10-13H,8-9H2,(H,24,26)(H,25,27). The van der Waals surface area contributed by atoms with Crippen LogP contribution in [0.1, 0.15) is 21.7 Å². The molecule has 2 N–H and O–H groups in total. The van der Waals surface area contributed by atoms with Gasteiger partial charge in [-0.2, -0.15) is 0 Å². The molecule has 29 heavy (non-hydrogen) atoms. The molecule has 7 heteroatoms. The van der Waals surface area contributed by atoms with Crippen LogP contribution in [0.25, 0.3) is 6.08 Å². The van der Waals surface area contributed by atoms with Crippen LogP contribution >= 0.6 is 11.6 Å². The third-order valence-electron chi connectivity index (χ3n) is 4.32. The molecule has 0 aliphatic carbocycles. The quantitative estimate of drug-likeness (QED) is 0.617. The van der Waals surface area contributed by atoms with Crippen LogP contribution in [0.15, 0.2) is 71.0 Å². The Balaban J connectivity index is 1.45. The number of rotatable bonds is 5. The van der Waals surface area contributed by atoms with E-state index in [2.05, 4.69) is 10.6 Å². The number of hydrogen-bond donors (Lipinski definition) is 2. The molecular formula is C22H17ClN2O4. The Labute approximate surface area is 172 Å². The topological polar surface area (TPSA) is 80.6 Å². The first-order chi connectivity index (χ1) is 14.1. The summed E-state index contributed by atoms with van der Waals surface area (Å²) < 4.78 is 11.0. The first kappa shape index (κ1) is 18.8. The van der Waals surface area contributed by atoms with Gasteiger partial charge in [0.05, 0.1) is 12.0 Å². The second kappa shape index (κ2) is 8.24. The highest BCUT2D eigenvalue weighted by molar-refractivity contribution is 6.30. The molecule has 0 saturated carbocycles. The zero-order valence-electron chi connectivity index (χ0n) is 15.3. The number of ether oxygens (including phenoxy) is 1. The summed E-state index contributed by atoms with van der Waals surface area (Å²) in [6.45, 7) is 0.443. The van der Waals surface area contributed by atoms with Gasteiger partial charge in [0.25, 0.3) is 11.8 Å². The number of benzene rings is 2. The second-order valence-electron chi connectivity index (χ2n) is 6.42. The van der Waals surface area contributed by atoms with E-state index in [0.717, 1.165) is 11.3 Å². The number of carbonyl (C=O) groups excluding carboxylic acids is 2. The fourth-order valence-corrected chi connectivity index (χ4v) is 3.10. The van der Waals surface area contributed by atoms with E-state index in [4.69, 9.17) is 20.8 Å². The van der Waals surface area contributed by atoms with Gasteiger partial charge in [0, 0.05) is 23.6 Å². The molecule has 2 amide bonds. The molecule has 2 heterocycles. The minimum absolute atomic E-state index is 0.149. The predicted molar refractivity (Wildman–Crippen MR) is 110 cm³/mol. The van der Waals surface area contributed by atoms with Crippen molar-refractivity contribution in [2.45, 2.75) is 6.42 Å². The lowest BCUT2D eigenvalue weighted by molar-refractivity contribution is -0.115. The minimum atomic E-state index is -0.396. The van der Waals surface area contributed by atoms with Gasteiger partial charge < -0.3 is 19.8 Å². The van der Waals surface area contributed by atoms with Crippen LogP contribution in [0.3, 0.4) is 0 Å². The van der Waals surface area contributed by atoms with E-state index in [9.17, 15) is 9.59 Å². The SMILES string of the molecule is O=C1Nc2cc(C(=O)NCCc3ccco3)ccc2OC1=Cc1cccc(Cl)c1. The summed E-state index contributed by atoms with van der Waals surface area (Å²) in [5, 5.41) is 6.15. The molecule has 4 rings (SSSR count). The van der Waals surface area contributed by atoms with Gasteiger partial charge in [-0.25, -0.2) is 0 Å². The number of furan rings is 1. The van der Waals surface area contributed by atoms with Crippen molar-refractivity contribution < 1.29 is 18.7 Å². The summed E-state index contributed by atoms with van der Waals surface area (Å²) in [5.74, 6) is 0.776. The molecule has 0 bridgehead atoms. The van der Waals surface area contributed by atoms with Crippen molar-refractivity contribution in [1.82, 2.24) is 5.32 Å². The maximum Gasteiger partial charge on any atom is 0.291 e. The van der Waals surface area contributed by atoms with E-state index in [1.165, 1.54) is 0 Å². The Morgan fingerprint density at radius 2 is 2.03 bits per heavy atom. The molecule has 146 valence electrons. The number of fused-ring (bicyclic) bond motifs is 1. The fourth-order valence-electron chi connectivity index (χ4n) is 2.91. The number of nitrogens with one attached hydrogen (secondary N) is 2. The van der Waals surface area contributed by atoms with Gasteiger partial charge in [0.2, 0.25) is 0 Å². The predicted octanol–water partition coefficient (Wildman–Crippen LogP) is 4.28. The van der Waals surface area contributed by atoms with Crippen molar-refractivity contribution in [2.24, 2.45) is 0 Å². The van der Waals surface area contributed by atoms with Gasteiger partial charge in [-0.3, -0.25) is 9.59 Å². The number of carbonyl (C=O) groups is 2. The van der Waals surface area contributed by atoms with Crippen molar-refractivity contribution in [1.29, 1.82) is 0 Å². The van der Waals surface area contributed by atoms with Crippen LogP contribution in [0.5, 0.6) is 5.75 Å². The maximum absolute atomic E-state index is 12.4. The molecule has 0 fully saturated rings. The van der Waals surface area contributed by atoms with Crippen molar-refractivity contribution in [3.63, 3.8) is 0 Å². The first-order valence-electron chi connectivity index (χ1n) is 8.99. The monoisotopic (exact) mass is 408 g/mol. The molecule has 0 radical (unpaired) electrons. The Morgan fingerprint density at radius 3 is 2.83 bits per heavy atom. The number of hydrogen-bond acceptors (Lipinski definition) is 4. The minimum Gasteiger partial charge on any atom is -0.469 e. The highest BCUT2D eigenvalue weighted by atomic mass is 35.5. The van der Waals surface area contributed by atoms with Crippen LogP contribution in [0, 0.1) is 0 Å². The van der Waals surface area contributed by atoms with E-state index in [1.54, 1.807) is 54.8 Å². The summed E-state index contributed by atoms with van der Waals surface area (Å²) in [7, 11) is 0. The molecule has 1 aliphatic heterocycles. The molecule has 1 aliphatic rings. The molecule has 0 spiro atoms. The van der Waals surface area contributed by atoms with E-state index in [-0.39, 0.29) is 11.7 Å². The van der Waals surface area contributed by atoms with Gasteiger partial charge in [-0.05, 0) is 54.1 Å². The Hall–Kier alpha value is -3.51. The molecule has 1 aromatic heterocycles. The average Bonchev–Trinajstić information content (AvgIpc) is 3.22. The number of amides is 2. The number of anilines is 1. The largest absolute Gasteiger partial charge is 0.469 e. The van der Waals surface area contributed by atoms with Crippen LogP contribution in [0.2, 0.25) is 5.02 Å². The molecule has 0 saturated heterocycles. The van der Waals surface area contributed by atoms with Gasteiger partial charge in [0.1, 0.15) is 5.76 Å². The lowest BCUT2D eigenvalue weighted by atomic mass is 10.1. The zero-order chi connectivity index (χ0) is 20.2. The first-order valence-corrected chi connectivity index (χ1v) is 9.37. The van der Waals surface area contributed by atoms with Crippen molar-refractivity contribution in [2.75, 3.05) is 11.9 Å². The highest BCUT2D eigenvalue weighted by Gasteiger charge is 2.23. The van der Waals surface area contributed by atoms with Crippen LogP contribution in [-0.2, 0) is 11.2 Å². The Morgan fingerprint density at radius 1 is 1.14 bits per heavy atom. The summed E-state index contributed by atoms with van der Waals surface area (Å²) in [6.07, 6.45) is 3.80. The second-order valence-corrected chi connectivity index (χ2v) is 6.85. The highest BCUT2D eigenvalue weighted by Crippen LogP contribution is 2.32. The van der Waals surface area contributed by atoms with E-state index in [0.29, 0.717) is 35.0 Å². The summed E-state index contributed by atoms with van der Waals surface area (Å²) >= 11 is 5.98. The number of halogens is 1.